The number of hydrogen-bond acceptors (Lipinski definition) is 4. The van der Waals surface area contributed by atoms with Crippen molar-refractivity contribution in [1.29, 1.82) is 0 Å². The summed E-state index contributed by atoms with van der Waals surface area (Å²) in [6, 6.07) is 40.5. The van der Waals surface area contributed by atoms with Crippen LogP contribution in [-0.4, -0.2) is 14.5 Å². The number of para-hydroxylation sites is 3. The van der Waals surface area contributed by atoms with Gasteiger partial charge in [0.1, 0.15) is 0 Å². The fourth-order valence-corrected chi connectivity index (χ4v) is 5.96. The number of aromatic nitrogens is 3. The Balaban J connectivity index is 0.00000329. The van der Waals surface area contributed by atoms with Crippen molar-refractivity contribution >= 4 is 17.1 Å². The normalized spacial score (nSPS) is 13.1. The molecule has 1 aliphatic heterocycles. The van der Waals surface area contributed by atoms with E-state index < -0.39 is 0 Å². The first-order valence-electron chi connectivity index (χ1n) is 14.1. The van der Waals surface area contributed by atoms with Gasteiger partial charge in [-0.1, -0.05) is 67.6 Å². The van der Waals surface area contributed by atoms with Crippen LogP contribution in [0.15, 0.2) is 109 Å². The monoisotopic (exact) mass is 741 g/mol. The molecule has 0 spiro atoms. The zero-order valence-electron chi connectivity index (χ0n) is 24.4. The molecule has 6 aromatic rings. The van der Waals surface area contributed by atoms with Gasteiger partial charge in [0.15, 0.2) is 0 Å². The van der Waals surface area contributed by atoms with E-state index in [0.717, 1.165) is 45.1 Å². The van der Waals surface area contributed by atoms with Gasteiger partial charge in [-0.15, -0.1) is 29.8 Å². The van der Waals surface area contributed by atoms with E-state index in [0.29, 0.717) is 11.9 Å². The predicted molar refractivity (Wildman–Crippen MR) is 167 cm³/mol. The van der Waals surface area contributed by atoms with E-state index in [1.54, 1.807) is 6.20 Å². The number of nitrogens with zero attached hydrogens (tertiary/aromatic N) is 4. The minimum atomic E-state index is -0.211. The number of fused-ring (bicyclic) bond motifs is 2. The van der Waals surface area contributed by atoms with Crippen LogP contribution in [0.5, 0.6) is 11.9 Å². The number of benzene rings is 4. The van der Waals surface area contributed by atoms with E-state index in [2.05, 4.69) is 110 Å². The maximum atomic E-state index is 6.27. The number of pyridine rings is 1. The van der Waals surface area contributed by atoms with Gasteiger partial charge >= 0.3 is 21.1 Å². The molecule has 0 radical (unpaired) electrons. The molecule has 0 amide bonds. The Labute approximate surface area is 267 Å². The maximum Gasteiger partial charge on any atom is 2.00 e. The second-order valence-electron chi connectivity index (χ2n) is 11.1. The summed E-state index contributed by atoms with van der Waals surface area (Å²) in [4.78, 5) is 11.6. The van der Waals surface area contributed by atoms with E-state index in [1.165, 1.54) is 11.1 Å². The standard InChI is InChI=1S/C37H30N4O.Pt/c1-25-13-12-14-26(2)35(25)40-24-31(39-36(40)42-34-19-10-11-22-38-34)27-20-21-30-33(23-27)41(28-15-6-5-7-16-28)32-18-9-8-17-29(32)37(30,3)4;/h5-15,17-22,24H,1-4H3;/q-2;+2. The first kappa shape index (κ1) is 28.6. The average Bonchev–Trinajstić information content (AvgIpc) is 3.41. The van der Waals surface area contributed by atoms with E-state index in [1.807, 2.05) is 47.2 Å². The summed E-state index contributed by atoms with van der Waals surface area (Å²) >= 11 is 0. The van der Waals surface area contributed by atoms with Gasteiger partial charge in [0.25, 0.3) is 6.01 Å². The topological polar surface area (TPSA) is 43.2 Å². The van der Waals surface area contributed by atoms with Gasteiger partial charge in [-0.25, -0.2) is 9.97 Å². The van der Waals surface area contributed by atoms with Crippen LogP contribution in [0.1, 0.15) is 36.1 Å². The number of ether oxygens (including phenoxy) is 1. The van der Waals surface area contributed by atoms with Crippen LogP contribution in [0.25, 0.3) is 16.9 Å². The second-order valence-corrected chi connectivity index (χ2v) is 11.1. The van der Waals surface area contributed by atoms with Crippen molar-refractivity contribution in [3.63, 3.8) is 0 Å². The van der Waals surface area contributed by atoms with Crippen molar-refractivity contribution in [2.24, 2.45) is 0 Å². The van der Waals surface area contributed by atoms with Crippen LogP contribution in [0, 0.1) is 26.0 Å². The molecule has 5 nitrogen and oxygen atoms in total. The number of aryl methyl sites for hydroxylation is 2. The third kappa shape index (κ3) is 4.98. The molecule has 7 rings (SSSR count). The number of hydrogen-bond donors (Lipinski definition) is 0. The molecule has 4 aromatic carbocycles. The van der Waals surface area contributed by atoms with Crippen molar-refractivity contribution < 1.29 is 25.8 Å². The van der Waals surface area contributed by atoms with Gasteiger partial charge in [0.2, 0.25) is 5.88 Å². The maximum absolute atomic E-state index is 6.27. The predicted octanol–water partition coefficient (Wildman–Crippen LogP) is 9.05. The molecule has 0 N–H and O–H groups in total. The van der Waals surface area contributed by atoms with Gasteiger partial charge < -0.3 is 9.64 Å². The van der Waals surface area contributed by atoms with Gasteiger partial charge in [-0.05, 0) is 60.0 Å². The van der Waals surface area contributed by atoms with Gasteiger partial charge in [-0.2, -0.15) is 24.3 Å². The van der Waals surface area contributed by atoms with Gasteiger partial charge in [-0.3, -0.25) is 4.57 Å². The molecule has 0 saturated heterocycles. The molecular weight excluding hydrogens is 712 g/mol. The second kappa shape index (κ2) is 11.3. The zero-order valence-corrected chi connectivity index (χ0v) is 26.7. The number of anilines is 3. The fourth-order valence-electron chi connectivity index (χ4n) is 5.96. The minimum absolute atomic E-state index is 0. The molecule has 6 heteroatoms. The SMILES string of the molecule is Cc1cccc(C)c1-n1cc(-c2[c-]c3c(cc2)C(C)(C)c2ccccc2N3c2[c-]cccc2)nc1Oc1ccccn1.[Pt+2]. The molecule has 0 atom stereocenters. The Morgan fingerprint density at radius 2 is 1.56 bits per heavy atom. The van der Waals surface area contributed by atoms with Crippen molar-refractivity contribution in [1.82, 2.24) is 14.5 Å². The molecule has 0 bridgehead atoms. The molecule has 2 aromatic heterocycles. The molecule has 214 valence electrons. The summed E-state index contributed by atoms with van der Waals surface area (Å²) in [6.07, 6.45) is 3.75. The van der Waals surface area contributed by atoms with Crippen LogP contribution in [0.4, 0.5) is 17.1 Å². The minimum Gasteiger partial charge on any atom is -0.407 e. The van der Waals surface area contributed by atoms with Crippen molar-refractivity contribution in [2.75, 3.05) is 4.90 Å². The summed E-state index contributed by atoms with van der Waals surface area (Å²) in [5.41, 5.74) is 10.3. The summed E-state index contributed by atoms with van der Waals surface area (Å²) < 4.78 is 8.29. The van der Waals surface area contributed by atoms with Crippen molar-refractivity contribution in [3.8, 4) is 28.8 Å². The molecule has 3 heterocycles. The zero-order chi connectivity index (χ0) is 28.8. The molecule has 0 fully saturated rings. The summed E-state index contributed by atoms with van der Waals surface area (Å²) in [7, 11) is 0. The first-order valence-corrected chi connectivity index (χ1v) is 14.1. The Morgan fingerprint density at radius 3 is 2.30 bits per heavy atom. The Morgan fingerprint density at radius 1 is 0.791 bits per heavy atom. The Kier molecular flexibility index (Phi) is 7.54. The molecule has 0 saturated carbocycles. The van der Waals surface area contributed by atoms with Crippen molar-refractivity contribution in [3.05, 3.63) is 144 Å². The Bertz CT molecular complexity index is 1890. The fraction of sp³-hybridized carbons (Fsp3) is 0.135. The molecule has 1 aliphatic rings. The van der Waals surface area contributed by atoms with Crippen LogP contribution >= 0.6 is 0 Å². The van der Waals surface area contributed by atoms with E-state index in [4.69, 9.17) is 9.72 Å². The van der Waals surface area contributed by atoms with E-state index >= 15 is 0 Å². The van der Waals surface area contributed by atoms with Crippen molar-refractivity contribution in [2.45, 2.75) is 33.1 Å². The summed E-state index contributed by atoms with van der Waals surface area (Å²) in [5, 5.41) is 0. The number of rotatable bonds is 5. The van der Waals surface area contributed by atoms with Crippen LogP contribution in [0.3, 0.4) is 0 Å². The van der Waals surface area contributed by atoms with Gasteiger partial charge in [0, 0.05) is 23.6 Å². The molecule has 43 heavy (non-hydrogen) atoms. The van der Waals surface area contributed by atoms with Gasteiger partial charge in [0.05, 0.1) is 5.69 Å². The molecular formula is C37H30N4OPt. The molecule has 0 aliphatic carbocycles. The quantitative estimate of drug-likeness (QED) is 0.166. The van der Waals surface area contributed by atoms with Crippen LogP contribution in [-0.2, 0) is 26.5 Å². The summed E-state index contributed by atoms with van der Waals surface area (Å²) in [5.74, 6) is 0.487. The third-order valence-corrected chi connectivity index (χ3v) is 8.04. The third-order valence-electron chi connectivity index (χ3n) is 8.04. The largest absolute Gasteiger partial charge is 2.00 e. The molecule has 0 unspecified atom stereocenters. The van der Waals surface area contributed by atoms with E-state index in [9.17, 15) is 0 Å². The average molecular weight is 742 g/mol. The van der Waals surface area contributed by atoms with E-state index in [-0.39, 0.29) is 26.5 Å². The summed E-state index contributed by atoms with van der Waals surface area (Å²) in [6.45, 7) is 8.76. The smallest absolute Gasteiger partial charge is 0.407 e. The van der Waals surface area contributed by atoms with Crippen LogP contribution in [0.2, 0.25) is 0 Å². The first-order chi connectivity index (χ1) is 20.4. The van der Waals surface area contributed by atoms with Crippen LogP contribution < -0.4 is 9.64 Å². The Hall–Kier alpha value is -4.47. The number of imidazole rings is 1.